The topological polar surface area (TPSA) is 93.4 Å². The van der Waals surface area contributed by atoms with Crippen LogP contribution in [0.3, 0.4) is 0 Å². The van der Waals surface area contributed by atoms with Crippen LogP contribution < -0.4 is 10.2 Å². The molecule has 1 N–H and O–H groups in total. The zero-order chi connectivity index (χ0) is 20.3. The second kappa shape index (κ2) is 8.39. The molecule has 0 saturated carbocycles. The van der Waals surface area contributed by atoms with Gasteiger partial charge in [0.15, 0.2) is 5.58 Å². The highest BCUT2D eigenvalue weighted by Crippen LogP contribution is 2.27. The molecular weight excluding hydrogens is 382 g/mol. The average molecular weight is 407 g/mol. The van der Waals surface area contributed by atoms with Crippen molar-refractivity contribution >= 4 is 23.0 Å². The fraction of sp³-hybridized carbons (Fsp3) is 0.455. The highest BCUT2D eigenvalue weighted by atomic mass is 16.5. The largest absolute Gasteiger partial charge is 0.440 e. The number of fused-ring (bicyclic) bond motifs is 1. The third-order valence-electron chi connectivity index (χ3n) is 5.79. The molecule has 2 aliphatic rings. The summed E-state index contributed by atoms with van der Waals surface area (Å²) in [5, 5.41) is 3.10. The maximum Gasteiger partial charge on any atom is 0.229 e. The van der Waals surface area contributed by atoms with Gasteiger partial charge in [0.05, 0.1) is 0 Å². The molecule has 2 saturated heterocycles. The van der Waals surface area contributed by atoms with Crippen LogP contribution in [0.5, 0.6) is 0 Å². The van der Waals surface area contributed by atoms with E-state index in [1.165, 1.54) is 0 Å². The Morgan fingerprint density at radius 1 is 1.13 bits per heavy atom. The lowest BCUT2D eigenvalue weighted by atomic mass is 9.96. The summed E-state index contributed by atoms with van der Waals surface area (Å²) in [4.78, 5) is 28.3. The number of amides is 1. The Kier molecular flexibility index (Phi) is 5.31. The van der Waals surface area contributed by atoms with Gasteiger partial charge in [-0.05, 0) is 37.5 Å². The SMILES string of the molecule is O=C(Cc1nc2ccccc2o1)NC1CCN(c2nccc(C3CCOCC3)n2)C1. The number of carbonyl (C=O) groups is 1. The highest BCUT2D eigenvalue weighted by Gasteiger charge is 2.27. The van der Waals surface area contributed by atoms with E-state index in [0.717, 1.165) is 56.2 Å². The third kappa shape index (κ3) is 4.14. The van der Waals surface area contributed by atoms with Crippen LogP contribution in [-0.4, -0.2) is 53.2 Å². The van der Waals surface area contributed by atoms with Crippen molar-refractivity contribution in [2.24, 2.45) is 0 Å². The molecule has 0 radical (unpaired) electrons. The summed E-state index contributed by atoms with van der Waals surface area (Å²) in [5.74, 6) is 1.55. The van der Waals surface area contributed by atoms with Crippen LogP contribution in [0.25, 0.3) is 11.1 Å². The van der Waals surface area contributed by atoms with Gasteiger partial charge in [-0.1, -0.05) is 12.1 Å². The molecule has 2 aromatic heterocycles. The molecule has 1 atom stereocenters. The Balaban J connectivity index is 1.18. The second-order valence-corrected chi connectivity index (χ2v) is 7.92. The van der Waals surface area contributed by atoms with E-state index in [1.54, 1.807) is 0 Å². The molecule has 8 nitrogen and oxygen atoms in total. The zero-order valence-electron chi connectivity index (χ0n) is 16.8. The first-order chi connectivity index (χ1) is 14.7. The van der Waals surface area contributed by atoms with Crippen molar-refractivity contribution in [1.29, 1.82) is 0 Å². The number of ether oxygens (including phenoxy) is 1. The van der Waals surface area contributed by atoms with Crippen molar-refractivity contribution in [2.75, 3.05) is 31.2 Å². The zero-order valence-corrected chi connectivity index (χ0v) is 16.8. The van der Waals surface area contributed by atoms with Crippen LogP contribution in [0.1, 0.15) is 36.8 Å². The van der Waals surface area contributed by atoms with Crippen LogP contribution >= 0.6 is 0 Å². The summed E-state index contributed by atoms with van der Waals surface area (Å²) in [6, 6.07) is 9.60. The molecule has 0 spiro atoms. The summed E-state index contributed by atoms with van der Waals surface area (Å²) in [5.41, 5.74) is 2.56. The van der Waals surface area contributed by atoms with Crippen molar-refractivity contribution in [1.82, 2.24) is 20.3 Å². The predicted octanol–water partition coefficient (Wildman–Crippen LogP) is 2.45. The molecule has 2 fully saturated rings. The molecule has 1 unspecified atom stereocenters. The minimum Gasteiger partial charge on any atom is -0.440 e. The summed E-state index contributed by atoms with van der Waals surface area (Å²) >= 11 is 0. The lowest BCUT2D eigenvalue weighted by molar-refractivity contribution is -0.121. The van der Waals surface area contributed by atoms with Crippen molar-refractivity contribution in [2.45, 2.75) is 37.6 Å². The fourth-order valence-electron chi connectivity index (χ4n) is 4.21. The van der Waals surface area contributed by atoms with E-state index in [0.29, 0.717) is 23.9 Å². The Morgan fingerprint density at radius 2 is 2.00 bits per heavy atom. The van der Waals surface area contributed by atoms with Crippen molar-refractivity contribution in [3.8, 4) is 0 Å². The second-order valence-electron chi connectivity index (χ2n) is 7.92. The first-order valence-corrected chi connectivity index (χ1v) is 10.5. The van der Waals surface area contributed by atoms with Gasteiger partial charge in [0.2, 0.25) is 17.7 Å². The number of oxazole rings is 1. The Hall–Kier alpha value is -3.00. The van der Waals surface area contributed by atoms with Gasteiger partial charge in [-0.2, -0.15) is 0 Å². The van der Waals surface area contributed by atoms with Crippen LogP contribution in [0.2, 0.25) is 0 Å². The Labute approximate surface area is 174 Å². The van der Waals surface area contributed by atoms with E-state index in [2.05, 4.69) is 20.2 Å². The number of rotatable bonds is 5. The summed E-state index contributed by atoms with van der Waals surface area (Å²) < 4.78 is 11.1. The number of hydrogen-bond donors (Lipinski definition) is 1. The molecule has 4 heterocycles. The monoisotopic (exact) mass is 407 g/mol. The van der Waals surface area contributed by atoms with E-state index >= 15 is 0 Å². The van der Waals surface area contributed by atoms with Gasteiger partial charge in [0.25, 0.3) is 0 Å². The van der Waals surface area contributed by atoms with Crippen LogP contribution in [-0.2, 0) is 16.0 Å². The molecule has 0 aliphatic carbocycles. The number of hydrogen-bond acceptors (Lipinski definition) is 7. The minimum absolute atomic E-state index is 0.0669. The predicted molar refractivity (Wildman–Crippen MR) is 111 cm³/mol. The van der Waals surface area contributed by atoms with Gasteiger partial charge in [0.1, 0.15) is 11.9 Å². The molecular formula is C22H25N5O3. The average Bonchev–Trinajstić information content (AvgIpc) is 3.41. The molecule has 8 heteroatoms. The Morgan fingerprint density at radius 3 is 2.87 bits per heavy atom. The van der Waals surface area contributed by atoms with Crippen molar-refractivity contribution in [3.05, 3.63) is 48.1 Å². The normalized spacial score (nSPS) is 20.0. The van der Waals surface area contributed by atoms with Gasteiger partial charge in [0, 0.05) is 50.2 Å². The van der Waals surface area contributed by atoms with Crippen LogP contribution in [0.4, 0.5) is 5.95 Å². The third-order valence-corrected chi connectivity index (χ3v) is 5.79. The number of nitrogens with one attached hydrogen (secondary N) is 1. The first kappa shape index (κ1) is 19.0. The van der Waals surface area contributed by atoms with Crippen molar-refractivity contribution < 1.29 is 13.9 Å². The summed E-state index contributed by atoms with van der Waals surface area (Å²) in [6.45, 7) is 3.12. The number of para-hydroxylation sites is 2. The number of nitrogens with zero attached hydrogens (tertiary/aromatic N) is 4. The number of anilines is 1. The number of benzene rings is 1. The number of carbonyl (C=O) groups excluding carboxylic acids is 1. The number of aromatic nitrogens is 3. The van der Waals surface area contributed by atoms with E-state index in [9.17, 15) is 4.79 Å². The van der Waals surface area contributed by atoms with Crippen LogP contribution in [0.15, 0.2) is 40.9 Å². The van der Waals surface area contributed by atoms with E-state index in [4.69, 9.17) is 14.1 Å². The lowest BCUT2D eigenvalue weighted by Gasteiger charge is -2.23. The summed E-state index contributed by atoms with van der Waals surface area (Å²) in [7, 11) is 0. The maximum atomic E-state index is 12.5. The van der Waals surface area contributed by atoms with Gasteiger partial charge in [-0.25, -0.2) is 15.0 Å². The quantitative estimate of drug-likeness (QED) is 0.694. The van der Waals surface area contributed by atoms with Gasteiger partial charge >= 0.3 is 0 Å². The van der Waals surface area contributed by atoms with Gasteiger partial charge in [-0.3, -0.25) is 4.79 Å². The molecule has 3 aromatic rings. The smallest absolute Gasteiger partial charge is 0.229 e. The van der Waals surface area contributed by atoms with E-state index < -0.39 is 0 Å². The van der Waals surface area contributed by atoms with Gasteiger partial charge in [-0.15, -0.1) is 0 Å². The standard InChI is InChI=1S/C22H25N5O3/c28-20(13-21-25-18-3-1-2-4-19(18)30-21)24-16-6-10-27(14-16)22-23-9-5-17(26-22)15-7-11-29-12-8-15/h1-5,9,15-16H,6-8,10-14H2,(H,24,28). The van der Waals surface area contributed by atoms with Gasteiger partial charge < -0.3 is 19.4 Å². The summed E-state index contributed by atoms with van der Waals surface area (Å²) in [6.07, 6.45) is 4.85. The highest BCUT2D eigenvalue weighted by molar-refractivity contribution is 5.79. The van der Waals surface area contributed by atoms with Crippen molar-refractivity contribution in [3.63, 3.8) is 0 Å². The first-order valence-electron chi connectivity index (χ1n) is 10.5. The Bertz CT molecular complexity index is 997. The molecule has 30 heavy (non-hydrogen) atoms. The molecule has 0 bridgehead atoms. The molecule has 2 aliphatic heterocycles. The lowest BCUT2D eigenvalue weighted by Crippen LogP contribution is -2.38. The molecule has 1 aromatic carbocycles. The molecule has 1 amide bonds. The molecule has 156 valence electrons. The maximum absolute atomic E-state index is 12.5. The molecule has 5 rings (SSSR count). The fourth-order valence-corrected chi connectivity index (χ4v) is 4.21. The van der Waals surface area contributed by atoms with E-state index in [-0.39, 0.29) is 18.4 Å². The minimum atomic E-state index is -0.0784. The van der Waals surface area contributed by atoms with E-state index in [1.807, 2.05) is 36.5 Å². The van der Waals surface area contributed by atoms with Crippen LogP contribution in [0, 0.1) is 0 Å².